The van der Waals surface area contributed by atoms with Crippen LogP contribution in [-0.4, -0.2) is 22.0 Å². The highest BCUT2D eigenvalue weighted by Gasteiger charge is 2.26. The molecule has 0 radical (unpaired) electrons. The Kier molecular flexibility index (Phi) is 3.10. The molecule has 0 saturated carbocycles. The number of nitrogens with zero attached hydrogens (tertiary/aromatic N) is 2. The van der Waals surface area contributed by atoms with E-state index < -0.39 is 5.91 Å². The number of anilines is 2. The average molecular weight is 303 g/mol. The number of amides is 2. The van der Waals surface area contributed by atoms with Gasteiger partial charge in [0.25, 0.3) is 11.8 Å². The van der Waals surface area contributed by atoms with Crippen LogP contribution in [0.4, 0.5) is 11.5 Å². The first kappa shape index (κ1) is 13.5. The lowest BCUT2D eigenvalue weighted by Crippen LogP contribution is -2.19. The Morgan fingerprint density at radius 1 is 1.05 bits per heavy atom. The fraction of sp³-hybridized carbons (Fsp3) is 0.143. The van der Waals surface area contributed by atoms with Crippen molar-refractivity contribution >= 4 is 34.9 Å². The first-order chi connectivity index (χ1) is 9.97. The number of benzene rings is 1. The molecule has 0 atom stereocenters. The van der Waals surface area contributed by atoms with E-state index in [1.54, 1.807) is 18.2 Å². The molecule has 1 aliphatic rings. The van der Waals surface area contributed by atoms with Crippen LogP contribution in [0.3, 0.4) is 0 Å². The SMILES string of the molecule is Cc1c(Cl)nnc(Nc2ccc3c(c2)C(=O)NC3=O)c1C. The highest BCUT2D eigenvalue weighted by molar-refractivity contribution is 6.30. The maximum absolute atomic E-state index is 11.6. The summed E-state index contributed by atoms with van der Waals surface area (Å²) in [6, 6.07) is 4.92. The molecule has 0 saturated heterocycles. The van der Waals surface area contributed by atoms with Crippen molar-refractivity contribution in [2.24, 2.45) is 0 Å². The summed E-state index contributed by atoms with van der Waals surface area (Å²) in [7, 11) is 0. The van der Waals surface area contributed by atoms with Crippen LogP contribution >= 0.6 is 11.6 Å². The van der Waals surface area contributed by atoms with Gasteiger partial charge in [-0.1, -0.05) is 11.6 Å². The van der Waals surface area contributed by atoms with Crippen molar-refractivity contribution < 1.29 is 9.59 Å². The van der Waals surface area contributed by atoms with E-state index in [1.165, 1.54) is 0 Å². The van der Waals surface area contributed by atoms with E-state index in [-0.39, 0.29) is 5.91 Å². The molecule has 2 amide bonds. The predicted octanol–water partition coefficient (Wildman–Crippen LogP) is 2.37. The maximum atomic E-state index is 11.6. The van der Waals surface area contributed by atoms with E-state index in [4.69, 9.17) is 11.6 Å². The van der Waals surface area contributed by atoms with Gasteiger partial charge in [0.2, 0.25) is 0 Å². The molecule has 1 aromatic carbocycles. The summed E-state index contributed by atoms with van der Waals surface area (Å²) in [5.74, 6) is -0.213. The molecule has 7 heteroatoms. The predicted molar refractivity (Wildman–Crippen MR) is 78.0 cm³/mol. The maximum Gasteiger partial charge on any atom is 0.259 e. The lowest BCUT2D eigenvalue weighted by molar-refractivity contribution is 0.0879. The fourth-order valence-electron chi connectivity index (χ4n) is 2.08. The number of rotatable bonds is 2. The molecular formula is C14H11ClN4O2. The molecule has 2 heterocycles. The first-order valence-corrected chi connectivity index (χ1v) is 6.61. The number of halogens is 1. The number of nitrogens with one attached hydrogen (secondary N) is 2. The zero-order chi connectivity index (χ0) is 15.1. The van der Waals surface area contributed by atoms with Gasteiger partial charge >= 0.3 is 0 Å². The fourth-order valence-corrected chi connectivity index (χ4v) is 2.26. The third kappa shape index (κ3) is 2.23. The molecule has 2 aromatic rings. The number of imide groups is 1. The van der Waals surface area contributed by atoms with E-state index in [0.717, 1.165) is 11.1 Å². The van der Waals surface area contributed by atoms with Crippen LogP contribution in [0, 0.1) is 13.8 Å². The van der Waals surface area contributed by atoms with Crippen molar-refractivity contribution in [3.05, 3.63) is 45.6 Å². The van der Waals surface area contributed by atoms with Crippen LogP contribution in [0.15, 0.2) is 18.2 Å². The van der Waals surface area contributed by atoms with Crippen molar-refractivity contribution in [1.82, 2.24) is 15.5 Å². The number of carbonyl (C=O) groups is 2. The van der Waals surface area contributed by atoms with E-state index >= 15 is 0 Å². The summed E-state index contributed by atoms with van der Waals surface area (Å²) in [6.07, 6.45) is 0. The lowest BCUT2D eigenvalue weighted by atomic mass is 10.1. The monoisotopic (exact) mass is 302 g/mol. The summed E-state index contributed by atoms with van der Waals surface area (Å²) >= 11 is 5.91. The molecule has 0 fully saturated rings. The molecule has 0 bridgehead atoms. The second-order valence-electron chi connectivity index (χ2n) is 4.76. The molecule has 21 heavy (non-hydrogen) atoms. The third-order valence-corrected chi connectivity index (χ3v) is 3.82. The molecule has 2 N–H and O–H groups in total. The Hall–Kier alpha value is -2.47. The van der Waals surface area contributed by atoms with E-state index in [2.05, 4.69) is 20.8 Å². The van der Waals surface area contributed by atoms with Crippen molar-refractivity contribution in [3.63, 3.8) is 0 Å². The number of hydrogen-bond acceptors (Lipinski definition) is 5. The van der Waals surface area contributed by atoms with Gasteiger partial charge in [-0.15, -0.1) is 10.2 Å². The number of carbonyl (C=O) groups excluding carboxylic acids is 2. The van der Waals surface area contributed by atoms with E-state index in [9.17, 15) is 9.59 Å². The molecule has 0 aliphatic carbocycles. The second-order valence-corrected chi connectivity index (χ2v) is 5.12. The highest BCUT2D eigenvalue weighted by atomic mass is 35.5. The molecule has 6 nitrogen and oxygen atoms in total. The summed E-state index contributed by atoms with van der Waals surface area (Å²) in [5, 5.41) is 13.5. The molecular weight excluding hydrogens is 292 g/mol. The number of hydrogen-bond donors (Lipinski definition) is 2. The van der Waals surface area contributed by atoms with Crippen LogP contribution in [0.25, 0.3) is 0 Å². The van der Waals surface area contributed by atoms with Crippen LogP contribution in [0.2, 0.25) is 5.15 Å². The van der Waals surface area contributed by atoms with Crippen LogP contribution in [-0.2, 0) is 0 Å². The van der Waals surface area contributed by atoms with Gasteiger partial charge < -0.3 is 5.32 Å². The summed E-state index contributed by atoms with van der Waals surface area (Å²) in [4.78, 5) is 23.1. The Balaban J connectivity index is 1.97. The Bertz CT molecular complexity index is 789. The van der Waals surface area contributed by atoms with Gasteiger partial charge in [-0.3, -0.25) is 14.9 Å². The normalized spacial score (nSPS) is 13.1. The van der Waals surface area contributed by atoms with Gasteiger partial charge in [0, 0.05) is 5.69 Å². The zero-order valence-corrected chi connectivity index (χ0v) is 12.1. The zero-order valence-electron chi connectivity index (χ0n) is 11.3. The molecule has 0 unspecified atom stereocenters. The minimum atomic E-state index is -0.395. The lowest BCUT2D eigenvalue weighted by Gasteiger charge is -2.10. The van der Waals surface area contributed by atoms with Crippen LogP contribution < -0.4 is 10.6 Å². The molecule has 3 rings (SSSR count). The number of aromatic nitrogens is 2. The van der Waals surface area contributed by atoms with Gasteiger partial charge in [0.05, 0.1) is 11.1 Å². The Morgan fingerprint density at radius 2 is 1.76 bits per heavy atom. The van der Waals surface area contributed by atoms with Gasteiger partial charge in [-0.05, 0) is 43.2 Å². The van der Waals surface area contributed by atoms with Gasteiger partial charge in [0.1, 0.15) is 0 Å². The summed E-state index contributed by atoms with van der Waals surface area (Å²) in [5.41, 5.74) is 3.08. The summed E-state index contributed by atoms with van der Waals surface area (Å²) < 4.78 is 0. The van der Waals surface area contributed by atoms with Crippen molar-refractivity contribution in [1.29, 1.82) is 0 Å². The topological polar surface area (TPSA) is 84.0 Å². The van der Waals surface area contributed by atoms with Crippen molar-refractivity contribution in [3.8, 4) is 0 Å². The third-order valence-electron chi connectivity index (χ3n) is 3.46. The molecule has 1 aromatic heterocycles. The van der Waals surface area contributed by atoms with Crippen molar-refractivity contribution in [2.45, 2.75) is 13.8 Å². The van der Waals surface area contributed by atoms with Crippen molar-refractivity contribution in [2.75, 3.05) is 5.32 Å². The van der Waals surface area contributed by atoms with Crippen LogP contribution in [0.1, 0.15) is 31.8 Å². The van der Waals surface area contributed by atoms with Gasteiger partial charge in [0.15, 0.2) is 11.0 Å². The quantitative estimate of drug-likeness (QED) is 0.832. The second kappa shape index (κ2) is 4.82. The Morgan fingerprint density at radius 3 is 2.52 bits per heavy atom. The smallest absolute Gasteiger partial charge is 0.259 e. The standard InChI is InChI=1S/C14H11ClN4O2/c1-6-7(2)12(19-18-11(6)15)16-8-3-4-9-10(5-8)14(21)17-13(9)20/h3-5H,1-2H3,(H,16,19)(H,17,20,21). The summed E-state index contributed by atoms with van der Waals surface area (Å²) in [6.45, 7) is 3.73. The van der Waals surface area contributed by atoms with E-state index in [0.29, 0.717) is 27.8 Å². The highest BCUT2D eigenvalue weighted by Crippen LogP contribution is 2.26. The molecule has 106 valence electrons. The largest absolute Gasteiger partial charge is 0.338 e. The van der Waals surface area contributed by atoms with Crippen LogP contribution in [0.5, 0.6) is 0 Å². The minimum absolute atomic E-state index is 0.348. The van der Waals surface area contributed by atoms with Gasteiger partial charge in [-0.2, -0.15) is 0 Å². The molecule has 0 spiro atoms. The first-order valence-electron chi connectivity index (χ1n) is 6.23. The Labute approximate surface area is 125 Å². The average Bonchev–Trinajstić information content (AvgIpc) is 2.74. The number of fused-ring (bicyclic) bond motifs is 1. The van der Waals surface area contributed by atoms with Gasteiger partial charge in [-0.25, -0.2) is 0 Å². The van der Waals surface area contributed by atoms with E-state index in [1.807, 2.05) is 13.8 Å². The minimum Gasteiger partial charge on any atom is -0.338 e. The molecule has 1 aliphatic heterocycles.